The molecular weight excluding hydrogens is 248 g/mol. The second-order valence-electron chi connectivity index (χ2n) is 4.08. The number of aliphatic hydroxyl groups excluding tert-OH is 1. The fraction of sp³-hybridized carbons (Fsp3) is 0.538. The molecule has 1 aromatic carbocycles. The van der Waals surface area contributed by atoms with Crippen molar-refractivity contribution in [3.63, 3.8) is 0 Å². The minimum absolute atomic E-state index is 0.0467. The van der Waals surface area contributed by atoms with E-state index < -0.39 is 0 Å². The smallest absolute Gasteiger partial charge is 0.272 e. The van der Waals surface area contributed by atoms with Crippen molar-refractivity contribution in [2.24, 2.45) is 0 Å². The van der Waals surface area contributed by atoms with Crippen LogP contribution in [-0.2, 0) is 11.2 Å². The van der Waals surface area contributed by atoms with Crippen LogP contribution in [0.2, 0.25) is 0 Å². The number of nitrogens with zero attached hydrogens (tertiary/aromatic N) is 1. The lowest BCUT2D eigenvalue weighted by molar-refractivity contribution is -0.385. The highest BCUT2D eigenvalue weighted by molar-refractivity contribution is 5.39. The van der Waals surface area contributed by atoms with Gasteiger partial charge in [0.25, 0.3) is 5.69 Å². The average Bonchev–Trinajstić information content (AvgIpc) is 2.42. The Morgan fingerprint density at radius 2 is 2.05 bits per heavy atom. The number of nitro groups is 1. The quantitative estimate of drug-likeness (QED) is 0.377. The molecule has 2 N–H and O–H groups in total. The van der Waals surface area contributed by atoms with Crippen LogP contribution in [0.5, 0.6) is 0 Å². The number of nitrogens with one attached hydrogen (secondary N) is 1. The summed E-state index contributed by atoms with van der Waals surface area (Å²) in [6, 6.07) is 6.79. The molecular formula is C13H20N2O4. The van der Waals surface area contributed by atoms with Crippen LogP contribution in [0.4, 0.5) is 5.69 Å². The van der Waals surface area contributed by atoms with E-state index in [1.165, 1.54) is 6.07 Å². The Hall–Kier alpha value is -1.50. The summed E-state index contributed by atoms with van der Waals surface area (Å²) in [5, 5.41) is 22.5. The Bertz CT molecular complexity index is 385. The summed E-state index contributed by atoms with van der Waals surface area (Å²) in [6.45, 7) is 2.53. The normalized spacial score (nSPS) is 10.6. The third-order valence-corrected chi connectivity index (χ3v) is 2.64. The van der Waals surface area contributed by atoms with E-state index in [0.717, 1.165) is 18.5 Å². The Morgan fingerprint density at radius 1 is 1.26 bits per heavy atom. The van der Waals surface area contributed by atoms with Gasteiger partial charge in [-0.3, -0.25) is 10.1 Å². The van der Waals surface area contributed by atoms with Gasteiger partial charge in [0, 0.05) is 18.2 Å². The molecule has 106 valence electrons. The molecule has 0 saturated carbocycles. The van der Waals surface area contributed by atoms with Crippen LogP contribution in [-0.4, -0.2) is 42.9 Å². The maximum absolute atomic E-state index is 10.8. The third-order valence-electron chi connectivity index (χ3n) is 2.64. The van der Waals surface area contributed by atoms with Crippen molar-refractivity contribution in [2.75, 3.05) is 32.9 Å². The molecule has 6 heteroatoms. The van der Waals surface area contributed by atoms with Gasteiger partial charge in [-0.2, -0.15) is 0 Å². The van der Waals surface area contributed by atoms with E-state index in [4.69, 9.17) is 9.84 Å². The molecule has 0 unspecified atom stereocenters. The zero-order valence-corrected chi connectivity index (χ0v) is 10.9. The molecule has 6 nitrogen and oxygen atoms in total. The number of para-hydroxylation sites is 1. The first-order chi connectivity index (χ1) is 9.25. The van der Waals surface area contributed by atoms with Crippen LogP contribution in [0.25, 0.3) is 0 Å². The van der Waals surface area contributed by atoms with Crippen LogP contribution in [0.3, 0.4) is 0 Å². The number of nitro benzene ring substituents is 1. The van der Waals surface area contributed by atoms with Crippen molar-refractivity contribution in [2.45, 2.75) is 12.8 Å². The highest BCUT2D eigenvalue weighted by Gasteiger charge is 2.10. The van der Waals surface area contributed by atoms with Crippen LogP contribution in [0.15, 0.2) is 24.3 Å². The van der Waals surface area contributed by atoms with Gasteiger partial charge >= 0.3 is 0 Å². The molecule has 0 heterocycles. The van der Waals surface area contributed by atoms with Crippen LogP contribution >= 0.6 is 0 Å². The van der Waals surface area contributed by atoms with Crippen LogP contribution in [0, 0.1) is 10.1 Å². The molecule has 1 aromatic rings. The molecule has 0 aliphatic carbocycles. The highest BCUT2D eigenvalue weighted by Crippen LogP contribution is 2.17. The van der Waals surface area contributed by atoms with E-state index in [2.05, 4.69) is 5.32 Å². The van der Waals surface area contributed by atoms with Crippen molar-refractivity contribution in [1.82, 2.24) is 5.32 Å². The van der Waals surface area contributed by atoms with Crippen molar-refractivity contribution in [1.29, 1.82) is 0 Å². The summed E-state index contributed by atoms with van der Waals surface area (Å²) in [6.07, 6.45) is 1.49. The van der Waals surface area contributed by atoms with E-state index in [-0.39, 0.29) is 17.2 Å². The number of ether oxygens (including phenoxy) is 1. The first kappa shape index (κ1) is 15.6. The second-order valence-corrected chi connectivity index (χ2v) is 4.08. The second kappa shape index (κ2) is 9.43. The Labute approximate surface area is 112 Å². The molecule has 0 atom stereocenters. The largest absolute Gasteiger partial charge is 0.394 e. The minimum atomic E-state index is -0.349. The molecule has 0 radical (unpaired) electrons. The van der Waals surface area contributed by atoms with Crippen molar-refractivity contribution in [3.8, 4) is 0 Å². The number of hydrogen-bond donors (Lipinski definition) is 2. The molecule has 0 fully saturated rings. The fourth-order valence-electron chi connectivity index (χ4n) is 1.71. The van der Waals surface area contributed by atoms with E-state index in [0.29, 0.717) is 26.2 Å². The summed E-state index contributed by atoms with van der Waals surface area (Å²) in [4.78, 5) is 10.5. The Morgan fingerprint density at radius 3 is 2.79 bits per heavy atom. The molecule has 0 aliphatic heterocycles. The molecule has 0 saturated heterocycles. The van der Waals surface area contributed by atoms with Gasteiger partial charge in [-0.25, -0.2) is 0 Å². The lowest BCUT2D eigenvalue weighted by Gasteiger charge is -2.06. The molecule has 0 amide bonds. The first-order valence-corrected chi connectivity index (χ1v) is 6.37. The van der Waals surface area contributed by atoms with Gasteiger partial charge in [0.1, 0.15) is 0 Å². The van der Waals surface area contributed by atoms with Crippen LogP contribution in [0.1, 0.15) is 12.0 Å². The fourth-order valence-corrected chi connectivity index (χ4v) is 1.71. The first-order valence-electron chi connectivity index (χ1n) is 6.37. The lowest BCUT2D eigenvalue weighted by atomic mass is 10.1. The molecule has 0 aliphatic rings. The number of hydrogen-bond acceptors (Lipinski definition) is 5. The summed E-state index contributed by atoms with van der Waals surface area (Å²) in [7, 11) is 0. The molecule has 0 aromatic heterocycles. The molecule has 19 heavy (non-hydrogen) atoms. The monoisotopic (exact) mass is 268 g/mol. The molecule has 0 bridgehead atoms. The maximum Gasteiger partial charge on any atom is 0.272 e. The number of rotatable bonds is 10. The van der Waals surface area contributed by atoms with Gasteiger partial charge in [-0.1, -0.05) is 18.2 Å². The van der Waals surface area contributed by atoms with Gasteiger partial charge in [-0.15, -0.1) is 0 Å². The average molecular weight is 268 g/mol. The standard InChI is InChI=1S/C13H20N2O4/c16-9-11-19-10-3-7-14-8-6-12-4-1-2-5-13(12)15(17)18/h1-2,4-5,14,16H,3,6-11H2. The van der Waals surface area contributed by atoms with Gasteiger partial charge in [-0.05, 0) is 25.9 Å². The zero-order valence-electron chi connectivity index (χ0n) is 10.9. The summed E-state index contributed by atoms with van der Waals surface area (Å²) in [5.41, 5.74) is 0.923. The third kappa shape index (κ3) is 6.28. The van der Waals surface area contributed by atoms with Gasteiger partial charge in [0.05, 0.1) is 18.1 Å². The van der Waals surface area contributed by atoms with E-state index >= 15 is 0 Å². The van der Waals surface area contributed by atoms with Gasteiger partial charge in [0.2, 0.25) is 0 Å². The molecule has 0 spiro atoms. The summed E-state index contributed by atoms with van der Waals surface area (Å²) in [5.74, 6) is 0. The van der Waals surface area contributed by atoms with Crippen molar-refractivity contribution >= 4 is 5.69 Å². The maximum atomic E-state index is 10.8. The predicted octanol–water partition coefficient (Wildman–Crippen LogP) is 1.13. The predicted molar refractivity (Wildman–Crippen MR) is 72.2 cm³/mol. The zero-order chi connectivity index (χ0) is 13.9. The lowest BCUT2D eigenvalue weighted by Crippen LogP contribution is -2.20. The SMILES string of the molecule is O=[N+]([O-])c1ccccc1CCNCCCOCCO. The highest BCUT2D eigenvalue weighted by atomic mass is 16.6. The minimum Gasteiger partial charge on any atom is -0.394 e. The van der Waals surface area contributed by atoms with Gasteiger partial charge < -0.3 is 15.2 Å². The Kier molecular flexibility index (Phi) is 7.72. The number of aliphatic hydroxyl groups is 1. The van der Waals surface area contributed by atoms with E-state index in [9.17, 15) is 10.1 Å². The van der Waals surface area contributed by atoms with Crippen molar-refractivity contribution < 1.29 is 14.8 Å². The topological polar surface area (TPSA) is 84.6 Å². The van der Waals surface area contributed by atoms with Crippen LogP contribution < -0.4 is 5.32 Å². The van der Waals surface area contributed by atoms with E-state index in [1.54, 1.807) is 12.1 Å². The summed E-state index contributed by atoms with van der Waals surface area (Å²) < 4.78 is 5.12. The van der Waals surface area contributed by atoms with E-state index in [1.807, 2.05) is 6.07 Å². The summed E-state index contributed by atoms with van der Waals surface area (Å²) >= 11 is 0. The van der Waals surface area contributed by atoms with Crippen molar-refractivity contribution in [3.05, 3.63) is 39.9 Å². The Balaban J connectivity index is 2.17. The molecule has 1 rings (SSSR count). The van der Waals surface area contributed by atoms with Gasteiger partial charge in [0.15, 0.2) is 0 Å². The number of benzene rings is 1.